The largest absolute Gasteiger partial charge is 0.497 e. The molecule has 2 aromatic carbocycles. The summed E-state index contributed by atoms with van der Waals surface area (Å²) < 4.78 is 45.6. The van der Waals surface area contributed by atoms with Gasteiger partial charge < -0.3 is 15.6 Å². The number of aliphatic carboxylic acids is 1. The van der Waals surface area contributed by atoms with Crippen molar-refractivity contribution >= 4 is 29.4 Å². The molecule has 1 atom stereocenters. The Morgan fingerprint density at radius 3 is 2.48 bits per heavy atom. The number of primary amides is 1. The van der Waals surface area contributed by atoms with Crippen LogP contribution in [0.3, 0.4) is 0 Å². The van der Waals surface area contributed by atoms with Crippen LogP contribution in [0.4, 0.5) is 13.2 Å². The van der Waals surface area contributed by atoms with Crippen molar-refractivity contribution in [2.24, 2.45) is 11.7 Å². The zero-order chi connectivity index (χ0) is 29.1. The molecule has 1 saturated heterocycles. The SMILES string of the molecule is COc1ccc(C2=CCC=C(CCC(=O)O)C=C2)cc1.NC(=O)C1CCCN(Sc2ccccc2C(F)(F)F)C1. The number of nitrogens with zero attached hydrogens (tertiary/aromatic N) is 1. The zero-order valence-electron chi connectivity index (χ0n) is 22.2. The fourth-order valence-corrected chi connectivity index (χ4v) is 5.46. The molecule has 0 radical (unpaired) electrons. The number of amides is 1. The number of nitrogens with two attached hydrogens (primary N) is 1. The van der Waals surface area contributed by atoms with Gasteiger partial charge in [0.2, 0.25) is 5.91 Å². The highest BCUT2D eigenvalue weighted by Crippen LogP contribution is 2.38. The first-order valence-corrected chi connectivity index (χ1v) is 13.7. The maximum absolute atomic E-state index is 12.9. The molecule has 2 aromatic rings. The summed E-state index contributed by atoms with van der Waals surface area (Å²) in [7, 11) is 1.65. The monoisotopic (exact) mass is 574 g/mol. The normalized spacial score (nSPS) is 17.6. The van der Waals surface area contributed by atoms with E-state index in [2.05, 4.69) is 12.2 Å². The number of ether oxygens (including phenoxy) is 1. The summed E-state index contributed by atoms with van der Waals surface area (Å²) in [5.41, 5.74) is 7.98. The number of carboxylic acids is 1. The maximum atomic E-state index is 12.9. The number of allylic oxidation sites excluding steroid dienone is 6. The van der Waals surface area contributed by atoms with Crippen LogP contribution in [0.5, 0.6) is 5.75 Å². The van der Waals surface area contributed by atoms with E-state index in [-0.39, 0.29) is 23.1 Å². The molecule has 214 valence electrons. The lowest BCUT2D eigenvalue weighted by molar-refractivity contribution is -0.140. The summed E-state index contributed by atoms with van der Waals surface area (Å²) in [6, 6.07) is 13.4. The van der Waals surface area contributed by atoms with Gasteiger partial charge in [-0.1, -0.05) is 54.1 Å². The van der Waals surface area contributed by atoms with Crippen LogP contribution in [0, 0.1) is 5.92 Å². The number of piperidine rings is 1. The van der Waals surface area contributed by atoms with Gasteiger partial charge in [-0.25, -0.2) is 4.31 Å². The summed E-state index contributed by atoms with van der Waals surface area (Å²) in [5, 5.41) is 8.72. The van der Waals surface area contributed by atoms with Crippen LogP contribution < -0.4 is 10.5 Å². The molecule has 40 heavy (non-hydrogen) atoms. The third kappa shape index (κ3) is 9.60. The van der Waals surface area contributed by atoms with Crippen LogP contribution in [0.2, 0.25) is 0 Å². The molecule has 10 heteroatoms. The van der Waals surface area contributed by atoms with Crippen molar-refractivity contribution < 1.29 is 32.6 Å². The summed E-state index contributed by atoms with van der Waals surface area (Å²) in [6.07, 6.45) is 6.94. The van der Waals surface area contributed by atoms with E-state index in [0.29, 0.717) is 25.9 Å². The van der Waals surface area contributed by atoms with E-state index in [1.165, 1.54) is 12.1 Å². The van der Waals surface area contributed by atoms with Crippen molar-refractivity contribution in [3.63, 3.8) is 0 Å². The predicted molar refractivity (Wildman–Crippen MR) is 150 cm³/mol. The Morgan fingerprint density at radius 2 is 1.82 bits per heavy atom. The van der Waals surface area contributed by atoms with Crippen LogP contribution >= 0.6 is 11.9 Å². The van der Waals surface area contributed by atoms with Gasteiger partial charge in [-0.2, -0.15) is 13.2 Å². The minimum absolute atomic E-state index is 0.158. The quantitative estimate of drug-likeness (QED) is 0.339. The Morgan fingerprint density at radius 1 is 1.10 bits per heavy atom. The van der Waals surface area contributed by atoms with Gasteiger partial charge in [-0.05, 0) is 73.0 Å². The first-order valence-electron chi connectivity index (χ1n) is 12.9. The lowest BCUT2D eigenvalue weighted by Gasteiger charge is -2.30. The molecule has 4 rings (SSSR count). The van der Waals surface area contributed by atoms with Gasteiger partial charge in [-0.15, -0.1) is 0 Å². The fourth-order valence-electron chi connectivity index (χ4n) is 4.28. The van der Waals surface area contributed by atoms with E-state index in [0.717, 1.165) is 53.3 Å². The van der Waals surface area contributed by atoms with Crippen LogP contribution in [-0.4, -0.2) is 41.5 Å². The van der Waals surface area contributed by atoms with Gasteiger partial charge in [0.1, 0.15) is 5.75 Å². The minimum Gasteiger partial charge on any atom is -0.497 e. The summed E-state index contributed by atoms with van der Waals surface area (Å²) >= 11 is 1.04. The summed E-state index contributed by atoms with van der Waals surface area (Å²) in [5.74, 6) is -0.590. The first kappa shape index (κ1) is 31.0. The molecule has 1 fully saturated rings. The molecule has 1 amide bonds. The Bertz CT molecular complexity index is 1260. The van der Waals surface area contributed by atoms with Gasteiger partial charge >= 0.3 is 12.1 Å². The number of alkyl halides is 3. The van der Waals surface area contributed by atoms with E-state index in [9.17, 15) is 22.8 Å². The standard InChI is InChI=1S/C17H18O3.C13H15F3N2OS/c1-20-16-10-8-15(9-11-16)14-4-2-3-13(5-7-14)6-12-17(18)19;14-13(15,16)10-5-1-2-6-11(10)20-18-7-3-4-9(8-18)12(17)19/h3-5,7-11H,2,6,12H2,1H3,(H,18,19);1-2,5-6,9H,3-4,7-8H2,(H2,17,19). The number of carboxylic acid groups (broad SMARTS) is 1. The Kier molecular flexibility index (Phi) is 11.5. The molecular formula is C30H33F3N2O4S. The van der Waals surface area contributed by atoms with Crippen LogP contribution in [0.1, 0.15) is 43.2 Å². The first-order chi connectivity index (χ1) is 19.1. The van der Waals surface area contributed by atoms with Gasteiger partial charge in [0, 0.05) is 24.4 Å². The van der Waals surface area contributed by atoms with Gasteiger partial charge in [0.25, 0.3) is 0 Å². The zero-order valence-corrected chi connectivity index (χ0v) is 23.0. The fraction of sp³-hybridized carbons (Fsp3) is 0.333. The molecule has 1 aliphatic carbocycles. The second kappa shape index (κ2) is 14.8. The van der Waals surface area contributed by atoms with E-state index in [1.807, 2.05) is 36.4 Å². The molecule has 6 nitrogen and oxygen atoms in total. The van der Waals surface area contributed by atoms with Gasteiger partial charge in [-0.3, -0.25) is 9.59 Å². The smallest absolute Gasteiger partial charge is 0.417 e. The van der Waals surface area contributed by atoms with E-state index in [1.54, 1.807) is 17.5 Å². The van der Waals surface area contributed by atoms with Crippen LogP contribution in [0.15, 0.2) is 83.3 Å². The molecule has 1 unspecified atom stereocenters. The number of halogens is 3. The van der Waals surface area contributed by atoms with Crippen molar-refractivity contribution in [1.29, 1.82) is 0 Å². The van der Waals surface area contributed by atoms with Crippen molar-refractivity contribution in [3.8, 4) is 5.75 Å². The molecule has 0 aromatic heterocycles. The lowest BCUT2D eigenvalue weighted by Crippen LogP contribution is -2.37. The second-order valence-electron chi connectivity index (χ2n) is 9.34. The molecular weight excluding hydrogens is 541 g/mol. The molecule has 3 N–H and O–H groups in total. The number of carbonyl (C=O) groups excluding carboxylic acids is 1. The number of hydrogen-bond donors (Lipinski definition) is 2. The molecule has 0 spiro atoms. The van der Waals surface area contributed by atoms with Crippen molar-refractivity contribution in [2.45, 2.75) is 43.2 Å². The summed E-state index contributed by atoms with van der Waals surface area (Å²) in [4.78, 5) is 21.9. The molecule has 0 saturated carbocycles. The number of benzene rings is 2. The molecule has 1 aliphatic heterocycles. The highest BCUT2D eigenvalue weighted by atomic mass is 32.2. The maximum Gasteiger partial charge on any atom is 0.417 e. The Hall–Kier alpha value is -3.50. The minimum atomic E-state index is -4.37. The predicted octanol–water partition coefficient (Wildman–Crippen LogP) is 6.74. The Balaban J connectivity index is 0.000000220. The third-order valence-corrected chi connectivity index (χ3v) is 7.59. The Labute approximate surface area is 236 Å². The number of hydrogen-bond acceptors (Lipinski definition) is 5. The van der Waals surface area contributed by atoms with Crippen LogP contribution in [0.25, 0.3) is 5.57 Å². The number of methoxy groups -OCH3 is 1. The van der Waals surface area contributed by atoms with Gasteiger partial charge in [0.05, 0.1) is 18.6 Å². The highest BCUT2D eigenvalue weighted by Gasteiger charge is 2.34. The number of rotatable bonds is 8. The molecule has 2 aliphatic rings. The summed E-state index contributed by atoms with van der Waals surface area (Å²) in [6.45, 7) is 1.05. The second-order valence-corrected chi connectivity index (χ2v) is 10.5. The average Bonchev–Trinajstić information content (AvgIpc) is 3.18. The lowest BCUT2D eigenvalue weighted by atomic mass is 9.99. The van der Waals surface area contributed by atoms with Crippen LogP contribution in [-0.2, 0) is 15.8 Å². The third-order valence-electron chi connectivity index (χ3n) is 6.45. The van der Waals surface area contributed by atoms with Crippen molar-refractivity contribution in [2.75, 3.05) is 20.2 Å². The van der Waals surface area contributed by atoms with Gasteiger partial charge in [0.15, 0.2) is 0 Å². The highest BCUT2D eigenvalue weighted by molar-refractivity contribution is 7.97. The van der Waals surface area contributed by atoms with Crippen molar-refractivity contribution in [3.05, 3.63) is 89.5 Å². The molecule has 0 bridgehead atoms. The topological polar surface area (TPSA) is 92.9 Å². The number of carbonyl (C=O) groups is 2. The molecule has 1 heterocycles. The van der Waals surface area contributed by atoms with E-state index >= 15 is 0 Å². The average molecular weight is 575 g/mol. The van der Waals surface area contributed by atoms with Crippen molar-refractivity contribution in [1.82, 2.24) is 4.31 Å². The van der Waals surface area contributed by atoms with E-state index < -0.39 is 17.7 Å². The van der Waals surface area contributed by atoms with E-state index in [4.69, 9.17) is 15.6 Å².